The van der Waals surface area contributed by atoms with Crippen LogP contribution in [0.3, 0.4) is 0 Å². The SMILES string of the molecule is COc1ccc(-n2c(=O)c3cc(F)ccc3n2-c2ccccc2)cc1. The number of para-hydroxylation sites is 1. The summed E-state index contributed by atoms with van der Waals surface area (Å²) in [5.74, 6) is 0.266. The highest BCUT2D eigenvalue weighted by Crippen LogP contribution is 2.22. The molecule has 0 aliphatic carbocycles. The minimum Gasteiger partial charge on any atom is -0.497 e. The summed E-state index contributed by atoms with van der Waals surface area (Å²) >= 11 is 0. The average Bonchev–Trinajstić information content (AvgIpc) is 2.95. The molecule has 4 nitrogen and oxygen atoms in total. The molecule has 4 rings (SSSR count). The summed E-state index contributed by atoms with van der Waals surface area (Å²) in [5, 5.41) is 0.333. The van der Waals surface area contributed by atoms with Crippen LogP contribution in [-0.4, -0.2) is 16.5 Å². The van der Waals surface area contributed by atoms with Gasteiger partial charge < -0.3 is 4.74 Å². The normalized spacial score (nSPS) is 11.0. The van der Waals surface area contributed by atoms with Gasteiger partial charge in [0, 0.05) is 0 Å². The second-order valence-corrected chi connectivity index (χ2v) is 5.62. The average molecular weight is 334 g/mol. The zero-order chi connectivity index (χ0) is 17.4. The molecule has 0 unspecified atom stereocenters. The zero-order valence-corrected chi connectivity index (χ0v) is 13.5. The summed E-state index contributed by atoms with van der Waals surface area (Å²) in [7, 11) is 1.59. The molecule has 0 spiro atoms. The van der Waals surface area contributed by atoms with Crippen LogP contribution in [0.5, 0.6) is 5.75 Å². The van der Waals surface area contributed by atoms with Crippen molar-refractivity contribution in [3.8, 4) is 17.1 Å². The molecule has 0 amide bonds. The van der Waals surface area contributed by atoms with Gasteiger partial charge in [0.25, 0.3) is 5.56 Å². The van der Waals surface area contributed by atoms with Crippen molar-refractivity contribution in [2.75, 3.05) is 7.11 Å². The monoisotopic (exact) mass is 334 g/mol. The van der Waals surface area contributed by atoms with Gasteiger partial charge >= 0.3 is 0 Å². The van der Waals surface area contributed by atoms with Gasteiger partial charge in [-0.05, 0) is 54.6 Å². The first kappa shape index (κ1) is 15.2. The van der Waals surface area contributed by atoms with E-state index in [1.807, 2.05) is 30.3 Å². The molecule has 0 radical (unpaired) electrons. The first-order chi connectivity index (χ1) is 12.2. The lowest BCUT2D eigenvalue weighted by atomic mass is 10.2. The van der Waals surface area contributed by atoms with E-state index in [0.717, 1.165) is 5.69 Å². The van der Waals surface area contributed by atoms with Crippen molar-refractivity contribution in [2.45, 2.75) is 0 Å². The van der Waals surface area contributed by atoms with E-state index in [1.54, 1.807) is 46.8 Å². The lowest BCUT2D eigenvalue weighted by molar-refractivity contribution is 0.414. The topological polar surface area (TPSA) is 36.2 Å². The maximum Gasteiger partial charge on any atom is 0.279 e. The zero-order valence-electron chi connectivity index (χ0n) is 13.5. The summed E-state index contributed by atoms with van der Waals surface area (Å²) in [6.45, 7) is 0. The molecule has 25 heavy (non-hydrogen) atoms. The number of rotatable bonds is 3. The minimum atomic E-state index is -0.434. The van der Waals surface area contributed by atoms with Crippen LogP contribution < -0.4 is 10.3 Å². The molecule has 124 valence electrons. The van der Waals surface area contributed by atoms with E-state index in [9.17, 15) is 9.18 Å². The van der Waals surface area contributed by atoms with Gasteiger partial charge in [0.2, 0.25) is 0 Å². The van der Waals surface area contributed by atoms with Crippen LogP contribution in [0.4, 0.5) is 4.39 Å². The van der Waals surface area contributed by atoms with Crippen molar-refractivity contribution >= 4 is 10.9 Å². The van der Waals surface area contributed by atoms with Gasteiger partial charge in [-0.3, -0.25) is 4.79 Å². The van der Waals surface area contributed by atoms with Gasteiger partial charge in [-0.2, -0.15) is 0 Å². The maximum atomic E-state index is 13.7. The Morgan fingerprint density at radius 3 is 2.20 bits per heavy atom. The van der Waals surface area contributed by atoms with Crippen LogP contribution in [0, 0.1) is 5.82 Å². The summed E-state index contributed by atoms with van der Waals surface area (Å²) in [5.41, 5.74) is 1.86. The molecular formula is C20H15FN2O2. The number of aromatic nitrogens is 2. The molecule has 1 heterocycles. The highest BCUT2D eigenvalue weighted by Gasteiger charge is 2.16. The number of fused-ring (bicyclic) bond motifs is 1. The Balaban J connectivity index is 2.08. The van der Waals surface area contributed by atoms with Crippen molar-refractivity contribution in [3.05, 3.63) is 89.0 Å². The Morgan fingerprint density at radius 2 is 1.52 bits per heavy atom. The highest BCUT2D eigenvalue weighted by atomic mass is 19.1. The Hall–Kier alpha value is -3.34. The third-order valence-corrected chi connectivity index (χ3v) is 4.13. The van der Waals surface area contributed by atoms with Crippen LogP contribution in [0.1, 0.15) is 0 Å². The standard InChI is InChI=1S/C20H15FN2O2/c1-25-17-10-8-16(9-11-17)23-20(24)18-13-14(21)7-12-19(18)22(23)15-5-3-2-4-6-15/h2-13H,1H3. The van der Waals surface area contributed by atoms with E-state index in [2.05, 4.69) is 0 Å². The molecule has 0 aliphatic heterocycles. The Kier molecular flexibility index (Phi) is 3.61. The van der Waals surface area contributed by atoms with E-state index in [4.69, 9.17) is 4.74 Å². The number of ether oxygens (including phenoxy) is 1. The third-order valence-electron chi connectivity index (χ3n) is 4.13. The van der Waals surface area contributed by atoms with Crippen LogP contribution in [0.25, 0.3) is 22.3 Å². The van der Waals surface area contributed by atoms with Gasteiger partial charge in [-0.15, -0.1) is 0 Å². The largest absolute Gasteiger partial charge is 0.497 e. The van der Waals surface area contributed by atoms with Crippen molar-refractivity contribution in [1.82, 2.24) is 9.36 Å². The van der Waals surface area contributed by atoms with Crippen molar-refractivity contribution in [1.29, 1.82) is 0 Å². The predicted molar refractivity (Wildman–Crippen MR) is 95.4 cm³/mol. The van der Waals surface area contributed by atoms with Gasteiger partial charge in [0.15, 0.2) is 0 Å². The Bertz CT molecular complexity index is 1100. The molecule has 1 aromatic heterocycles. The minimum absolute atomic E-state index is 0.275. The predicted octanol–water partition coefficient (Wildman–Crippen LogP) is 3.93. The second-order valence-electron chi connectivity index (χ2n) is 5.62. The number of hydrogen-bond acceptors (Lipinski definition) is 2. The lowest BCUT2D eigenvalue weighted by Gasteiger charge is -2.13. The molecule has 4 aromatic rings. The molecule has 5 heteroatoms. The fourth-order valence-corrected chi connectivity index (χ4v) is 2.96. The van der Waals surface area contributed by atoms with Gasteiger partial charge in [-0.25, -0.2) is 13.8 Å². The summed E-state index contributed by atoms with van der Waals surface area (Å²) < 4.78 is 22.2. The van der Waals surface area contributed by atoms with Gasteiger partial charge in [0.05, 0.1) is 29.4 Å². The summed E-state index contributed by atoms with van der Waals surface area (Å²) in [4.78, 5) is 13.0. The second kappa shape index (κ2) is 5.94. The molecule has 0 saturated carbocycles. The fraction of sp³-hybridized carbons (Fsp3) is 0.0500. The van der Waals surface area contributed by atoms with Gasteiger partial charge in [-0.1, -0.05) is 18.2 Å². The highest BCUT2D eigenvalue weighted by molar-refractivity contribution is 5.81. The van der Waals surface area contributed by atoms with Crippen molar-refractivity contribution in [2.24, 2.45) is 0 Å². The quantitative estimate of drug-likeness (QED) is 0.569. The van der Waals surface area contributed by atoms with E-state index < -0.39 is 5.82 Å². The first-order valence-electron chi connectivity index (χ1n) is 7.82. The Morgan fingerprint density at radius 1 is 0.840 bits per heavy atom. The molecule has 0 bridgehead atoms. The van der Waals surface area contributed by atoms with Gasteiger partial charge in [0.1, 0.15) is 11.6 Å². The molecule has 0 fully saturated rings. The van der Waals surface area contributed by atoms with Crippen LogP contribution in [0.2, 0.25) is 0 Å². The van der Waals surface area contributed by atoms with Crippen LogP contribution in [-0.2, 0) is 0 Å². The third kappa shape index (κ3) is 2.50. The number of benzene rings is 3. The fourth-order valence-electron chi connectivity index (χ4n) is 2.96. The van der Waals surface area contributed by atoms with Crippen LogP contribution in [0.15, 0.2) is 77.6 Å². The van der Waals surface area contributed by atoms with E-state index >= 15 is 0 Å². The molecule has 3 aromatic carbocycles. The Labute approximate surface area is 143 Å². The number of methoxy groups -OCH3 is 1. The molecule has 0 N–H and O–H groups in total. The number of halogens is 1. The van der Waals surface area contributed by atoms with E-state index in [-0.39, 0.29) is 5.56 Å². The first-order valence-corrected chi connectivity index (χ1v) is 7.82. The summed E-state index contributed by atoms with van der Waals surface area (Å²) in [6.07, 6.45) is 0. The van der Waals surface area contributed by atoms with Crippen LogP contribution >= 0.6 is 0 Å². The van der Waals surface area contributed by atoms with E-state index in [1.165, 1.54) is 12.1 Å². The lowest BCUT2D eigenvalue weighted by Crippen LogP contribution is -2.20. The molecule has 0 saturated heterocycles. The molecular weight excluding hydrogens is 319 g/mol. The van der Waals surface area contributed by atoms with E-state index in [0.29, 0.717) is 22.3 Å². The summed E-state index contributed by atoms with van der Waals surface area (Å²) in [6, 6.07) is 20.9. The van der Waals surface area contributed by atoms with Crippen molar-refractivity contribution in [3.63, 3.8) is 0 Å². The van der Waals surface area contributed by atoms with Crippen molar-refractivity contribution < 1.29 is 9.13 Å². The molecule has 0 aliphatic rings. The maximum absolute atomic E-state index is 13.7. The smallest absolute Gasteiger partial charge is 0.279 e. The number of hydrogen-bond donors (Lipinski definition) is 0. The molecule has 0 atom stereocenters. The number of nitrogens with zero attached hydrogens (tertiary/aromatic N) is 2.